The van der Waals surface area contributed by atoms with E-state index in [1.54, 1.807) is 0 Å². The van der Waals surface area contributed by atoms with Crippen LogP contribution in [0.5, 0.6) is 0 Å². The highest BCUT2D eigenvalue weighted by Gasteiger charge is 2.46. The molecule has 6 heteroatoms. The molecule has 0 aromatic rings. The van der Waals surface area contributed by atoms with Crippen LogP contribution >= 0.6 is 0 Å². The number of carbonyl (C=O) groups excluding carboxylic acids is 1. The molecule has 0 spiro atoms. The molecule has 1 aliphatic carbocycles. The quantitative estimate of drug-likeness (QED) is 0.751. The lowest BCUT2D eigenvalue weighted by molar-refractivity contribution is -0.199. The largest absolute Gasteiger partial charge is 0.391 e. The zero-order valence-corrected chi connectivity index (χ0v) is 9.39. The van der Waals surface area contributed by atoms with Crippen LogP contribution in [-0.4, -0.2) is 29.3 Å². The Morgan fingerprint density at radius 1 is 1.59 bits per heavy atom. The molecule has 0 aliphatic heterocycles. The van der Waals surface area contributed by atoms with Crippen molar-refractivity contribution in [1.82, 2.24) is 5.32 Å². The van der Waals surface area contributed by atoms with Gasteiger partial charge in [-0.3, -0.25) is 4.79 Å². The molecule has 0 unspecified atom stereocenters. The van der Waals surface area contributed by atoms with Crippen LogP contribution in [0.1, 0.15) is 25.7 Å². The SMILES string of the molecule is C=CC(=O)NC[C@@]1(O)CCC[C@@H](C(F)(F)F)C1. The maximum atomic E-state index is 12.5. The van der Waals surface area contributed by atoms with E-state index in [1.165, 1.54) is 0 Å². The first kappa shape index (κ1) is 14.0. The van der Waals surface area contributed by atoms with Crippen LogP contribution < -0.4 is 5.32 Å². The molecular formula is C11H16F3NO2. The lowest BCUT2D eigenvalue weighted by Gasteiger charge is -2.37. The molecule has 17 heavy (non-hydrogen) atoms. The minimum absolute atomic E-state index is 0.0429. The fraction of sp³-hybridized carbons (Fsp3) is 0.727. The van der Waals surface area contributed by atoms with Crippen molar-refractivity contribution < 1.29 is 23.1 Å². The van der Waals surface area contributed by atoms with Gasteiger partial charge in [0, 0.05) is 6.54 Å². The maximum absolute atomic E-state index is 12.5. The summed E-state index contributed by atoms with van der Waals surface area (Å²) in [5.74, 6) is -1.98. The van der Waals surface area contributed by atoms with Gasteiger partial charge in [0.05, 0.1) is 11.5 Å². The van der Waals surface area contributed by atoms with E-state index in [1.807, 2.05) is 0 Å². The zero-order valence-electron chi connectivity index (χ0n) is 9.39. The summed E-state index contributed by atoms with van der Waals surface area (Å²) in [5.41, 5.74) is -1.46. The van der Waals surface area contributed by atoms with Gasteiger partial charge < -0.3 is 10.4 Å². The zero-order chi connectivity index (χ0) is 13.1. The topological polar surface area (TPSA) is 49.3 Å². The summed E-state index contributed by atoms with van der Waals surface area (Å²) in [6.07, 6.45) is -2.99. The summed E-state index contributed by atoms with van der Waals surface area (Å²) < 4.78 is 37.6. The predicted molar refractivity (Wildman–Crippen MR) is 56.2 cm³/mol. The second-order valence-electron chi connectivity index (χ2n) is 4.48. The highest BCUT2D eigenvalue weighted by Crippen LogP contribution is 2.41. The third-order valence-corrected chi connectivity index (χ3v) is 3.06. The van der Waals surface area contributed by atoms with Gasteiger partial charge in [-0.25, -0.2) is 0 Å². The molecule has 0 heterocycles. The van der Waals surface area contributed by atoms with Crippen LogP contribution in [0, 0.1) is 5.92 Å². The number of hydrogen-bond donors (Lipinski definition) is 2. The normalized spacial score (nSPS) is 29.8. The van der Waals surface area contributed by atoms with E-state index in [-0.39, 0.29) is 25.8 Å². The average molecular weight is 251 g/mol. The van der Waals surface area contributed by atoms with Gasteiger partial charge in [-0.2, -0.15) is 13.2 Å². The highest BCUT2D eigenvalue weighted by molar-refractivity contribution is 5.86. The van der Waals surface area contributed by atoms with Gasteiger partial charge in [0.15, 0.2) is 0 Å². The number of rotatable bonds is 3. The second-order valence-corrected chi connectivity index (χ2v) is 4.48. The van der Waals surface area contributed by atoms with E-state index in [9.17, 15) is 23.1 Å². The van der Waals surface area contributed by atoms with Gasteiger partial charge in [-0.05, 0) is 31.8 Å². The van der Waals surface area contributed by atoms with E-state index in [4.69, 9.17) is 0 Å². The minimum atomic E-state index is -4.28. The summed E-state index contributed by atoms with van der Waals surface area (Å²) in [6, 6.07) is 0. The molecule has 1 saturated carbocycles. The Kier molecular flexibility index (Phi) is 4.19. The first-order chi connectivity index (χ1) is 7.77. The van der Waals surface area contributed by atoms with Crippen molar-refractivity contribution in [2.75, 3.05) is 6.54 Å². The van der Waals surface area contributed by atoms with Crippen LogP contribution in [0.4, 0.5) is 13.2 Å². The van der Waals surface area contributed by atoms with Crippen LogP contribution in [0.15, 0.2) is 12.7 Å². The number of amides is 1. The van der Waals surface area contributed by atoms with Gasteiger partial charge >= 0.3 is 6.18 Å². The van der Waals surface area contributed by atoms with E-state index in [0.717, 1.165) is 6.08 Å². The lowest BCUT2D eigenvalue weighted by atomic mass is 9.77. The fourth-order valence-corrected chi connectivity index (χ4v) is 2.10. The van der Waals surface area contributed by atoms with Gasteiger partial charge in [0.1, 0.15) is 0 Å². The standard InChI is InChI=1S/C11H16F3NO2/c1-2-9(16)15-7-10(17)5-3-4-8(6-10)11(12,13)14/h2,8,17H,1,3-7H2,(H,15,16)/t8-,10-/m1/s1. The van der Waals surface area contributed by atoms with Gasteiger partial charge in [0.2, 0.25) is 5.91 Å². The van der Waals surface area contributed by atoms with E-state index in [2.05, 4.69) is 11.9 Å². The molecule has 1 rings (SSSR count). The van der Waals surface area contributed by atoms with Crippen LogP contribution in [0.25, 0.3) is 0 Å². The first-order valence-electron chi connectivity index (χ1n) is 5.46. The molecule has 2 N–H and O–H groups in total. The summed E-state index contributed by atoms with van der Waals surface area (Å²) >= 11 is 0. The Morgan fingerprint density at radius 3 is 2.76 bits per heavy atom. The monoisotopic (exact) mass is 251 g/mol. The summed E-state index contributed by atoms with van der Waals surface area (Å²) in [7, 11) is 0. The van der Waals surface area contributed by atoms with Crippen LogP contribution in [0.3, 0.4) is 0 Å². The van der Waals surface area contributed by atoms with Gasteiger partial charge in [-0.1, -0.05) is 6.58 Å². The Morgan fingerprint density at radius 2 is 2.24 bits per heavy atom. The Balaban J connectivity index is 2.57. The molecule has 0 radical (unpaired) electrons. The van der Waals surface area contributed by atoms with Crippen molar-refractivity contribution in [3.63, 3.8) is 0 Å². The molecular weight excluding hydrogens is 235 g/mol. The smallest absolute Gasteiger partial charge is 0.388 e. The van der Waals surface area contributed by atoms with Crippen LogP contribution in [0.2, 0.25) is 0 Å². The molecule has 1 fully saturated rings. The Hall–Kier alpha value is -1.04. The minimum Gasteiger partial charge on any atom is -0.388 e. The van der Waals surface area contributed by atoms with E-state index >= 15 is 0 Å². The molecule has 1 amide bonds. The third kappa shape index (κ3) is 4.03. The molecule has 2 atom stereocenters. The number of aliphatic hydroxyl groups is 1. The molecule has 0 bridgehead atoms. The molecule has 0 aromatic heterocycles. The summed E-state index contributed by atoms with van der Waals surface area (Å²) in [4.78, 5) is 10.9. The van der Waals surface area contributed by atoms with Crippen molar-refractivity contribution in [1.29, 1.82) is 0 Å². The second kappa shape index (κ2) is 5.08. The van der Waals surface area contributed by atoms with Crippen molar-refractivity contribution in [2.24, 2.45) is 5.92 Å². The van der Waals surface area contributed by atoms with Crippen molar-refractivity contribution >= 4 is 5.91 Å². The van der Waals surface area contributed by atoms with Crippen molar-refractivity contribution in [2.45, 2.75) is 37.5 Å². The predicted octanol–water partition coefficient (Wildman–Crippen LogP) is 1.77. The Bertz CT molecular complexity index is 304. The number of alkyl halides is 3. The maximum Gasteiger partial charge on any atom is 0.391 e. The van der Waals surface area contributed by atoms with Crippen LogP contribution in [-0.2, 0) is 4.79 Å². The number of hydrogen-bond acceptors (Lipinski definition) is 2. The fourth-order valence-electron chi connectivity index (χ4n) is 2.10. The molecule has 3 nitrogen and oxygen atoms in total. The third-order valence-electron chi connectivity index (χ3n) is 3.06. The molecule has 1 aliphatic rings. The Labute approximate surface area is 97.7 Å². The lowest BCUT2D eigenvalue weighted by Crippen LogP contribution is -2.48. The summed E-state index contributed by atoms with van der Waals surface area (Å²) in [6.45, 7) is 3.07. The number of carbonyl (C=O) groups is 1. The first-order valence-corrected chi connectivity index (χ1v) is 5.46. The molecule has 0 aromatic carbocycles. The number of nitrogens with one attached hydrogen (secondary N) is 1. The van der Waals surface area contributed by atoms with Crippen molar-refractivity contribution in [3.8, 4) is 0 Å². The molecule has 98 valence electrons. The van der Waals surface area contributed by atoms with Crippen molar-refractivity contribution in [3.05, 3.63) is 12.7 Å². The van der Waals surface area contributed by atoms with Gasteiger partial charge in [0.25, 0.3) is 0 Å². The summed E-state index contributed by atoms with van der Waals surface area (Å²) in [5, 5.41) is 12.3. The highest BCUT2D eigenvalue weighted by atomic mass is 19.4. The molecule has 0 saturated heterocycles. The van der Waals surface area contributed by atoms with E-state index < -0.39 is 23.6 Å². The van der Waals surface area contributed by atoms with Gasteiger partial charge in [-0.15, -0.1) is 0 Å². The van der Waals surface area contributed by atoms with E-state index in [0.29, 0.717) is 6.42 Å². The number of halogens is 3. The average Bonchev–Trinajstić information content (AvgIpc) is 2.25.